The summed E-state index contributed by atoms with van der Waals surface area (Å²) in [5.41, 5.74) is 6.26. The Morgan fingerprint density at radius 1 is 1.36 bits per heavy atom. The van der Waals surface area contributed by atoms with E-state index in [1.54, 1.807) is 48.1 Å². The highest BCUT2D eigenvalue weighted by Crippen LogP contribution is 2.25. The minimum atomic E-state index is -1.67. The summed E-state index contributed by atoms with van der Waals surface area (Å²) in [6.07, 6.45) is 5.06. The van der Waals surface area contributed by atoms with Gasteiger partial charge in [0.25, 0.3) is 11.8 Å². The predicted octanol–water partition coefficient (Wildman–Crippen LogP) is 0.440. The number of benzene rings is 1. The number of imidazole rings is 1. The van der Waals surface area contributed by atoms with E-state index in [2.05, 4.69) is 21.8 Å². The van der Waals surface area contributed by atoms with Crippen molar-refractivity contribution in [1.29, 1.82) is 0 Å². The molecule has 4 rings (SSSR count). The van der Waals surface area contributed by atoms with Crippen LogP contribution in [0.15, 0.2) is 42.9 Å². The highest BCUT2D eigenvalue weighted by atomic mass is 16.3. The van der Waals surface area contributed by atoms with Gasteiger partial charge in [-0.1, -0.05) is 24.0 Å². The number of rotatable bonds is 2. The van der Waals surface area contributed by atoms with Crippen molar-refractivity contribution in [2.75, 3.05) is 13.6 Å². The van der Waals surface area contributed by atoms with Crippen LogP contribution in [-0.4, -0.2) is 55.4 Å². The van der Waals surface area contributed by atoms with E-state index in [0.29, 0.717) is 29.0 Å². The topological polar surface area (TPSA) is 114 Å². The molecular weight excluding hydrogens is 358 g/mol. The largest absolute Gasteiger partial charge is 0.369 e. The minimum Gasteiger partial charge on any atom is -0.369 e. The molecule has 1 aliphatic rings. The summed E-state index contributed by atoms with van der Waals surface area (Å²) < 4.78 is 1.72. The van der Waals surface area contributed by atoms with E-state index in [9.17, 15) is 14.7 Å². The zero-order chi connectivity index (χ0) is 19.9. The lowest BCUT2D eigenvalue weighted by Gasteiger charge is -2.13. The minimum absolute atomic E-state index is 0.113. The highest BCUT2D eigenvalue weighted by molar-refractivity contribution is 5.97. The van der Waals surface area contributed by atoms with Crippen LogP contribution in [0.5, 0.6) is 0 Å². The van der Waals surface area contributed by atoms with Crippen LogP contribution in [0.2, 0.25) is 0 Å². The average Bonchev–Trinajstić information content (AvgIpc) is 3.27. The number of amides is 2. The van der Waals surface area contributed by atoms with Crippen LogP contribution >= 0.6 is 0 Å². The van der Waals surface area contributed by atoms with Gasteiger partial charge in [0.1, 0.15) is 0 Å². The molecular formula is C20H17N5O3. The van der Waals surface area contributed by atoms with E-state index in [-0.39, 0.29) is 12.1 Å². The molecule has 1 atom stereocenters. The monoisotopic (exact) mass is 375 g/mol. The van der Waals surface area contributed by atoms with E-state index >= 15 is 0 Å². The number of likely N-dealkylation sites (N-methyl/N-ethyl adjacent to an activating group) is 1. The summed E-state index contributed by atoms with van der Waals surface area (Å²) >= 11 is 0. The number of carbonyl (C=O) groups excluding carboxylic acids is 2. The van der Waals surface area contributed by atoms with Crippen molar-refractivity contribution in [2.45, 2.75) is 12.0 Å². The number of primary amides is 1. The maximum atomic E-state index is 12.1. The average molecular weight is 375 g/mol. The summed E-state index contributed by atoms with van der Waals surface area (Å²) in [7, 11) is 1.63. The number of hydrogen-bond acceptors (Lipinski definition) is 5. The Balaban J connectivity index is 1.80. The summed E-state index contributed by atoms with van der Waals surface area (Å²) in [6, 6.07) is 7.08. The summed E-state index contributed by atoms with van der Waals surface area (Å²) in [4.78, 5) is 33.7. The molecule has 0 radical (unpaired) electrons. The Labute approximate surface area is 160 Å². The normalized spacial score (nSPS) is 18.9. The molecule has 140 valence electrons. The Bertz CT molecular complexity index is 1170. The van der Waals surface area contributed by atoms with Gasteiger partial charge in [-0.15, -0.1) is 0 Å². The molecule has 1 aromatic carbocycles. The molecule has 1 saturated heterocycles. The molecule has 0 bridgehead atoms. The van der Waals surface area contributed by atoms with Crippen LogP contribution in [0, 0.1) is 11.8 Å². The number of hydrogen-bond donors (Lipinski definition) is 2. The first-order valence-electron chi connectivity index (χ1n) is 8.62. The molecule has 1 fully saturated rings. The van der Waals surface area contributed by atoms with E-state index in [4.69, 9.17) is 5.73 Å². The molecule has 3 N–H and O–H groups in total. The fourth-order valence-corrected chi connectivity index (χ4v) is 3.24. The second kappa shape index (κ2) is 6.48. The molecule has 8 heteroatoms. The van der Waals surface area contributed by atoms with Crippen LogP contribution in [-0.2, 0) is 4.79 Å². The van der Waals surface area contributed by atoms with Crippen molar-refractivity contribution < 1.29 is 14.7 Å². The van der Waals surface area contributed by atoms with Crippen molar-refractivity contribution in [3.8, 4) is 23.1 Å². The van der Waals surface area contributed by atoms with Crippen LogP contribution in [0.1, 0.15) is 22.5 Å². The molecule has 3 aromatic rings. The molecule has 0 unspecified atom stereocenters. The van der Waals surface area contributed by atoms with Gasteiger partial charge in [-0.25, -0.2) is 9.97 Å². The van der Waals surface area contributed by atoms with Crippen molar-refractivity contribution >= 4 is 17.5 Å². The number of nitrogens with zero attached hydrogens (tertiary/aromatic N) is 4. The Morgan fingerprint density at radius 3 is 2.89 bits per heavy atom. The van der Waals surface area contributed by atoms with Gasteiger partial charge < -0.3 is 15.7 Å². The van der Waals surface area contributed by atoms with Gasteiger partial charge in [0.05, 0.1) is 11.9 Å². The smallest absolute Gasteiger partial charge is 0.269 e. The van der Waals surface area contributed by atoms with E-state index in [1.165, 1.54) is 11.1 Å². The second-order valence-corrected chi connectivity index (χ2v) is 6.64. The van der Waals surface area contributed by atoms with Gasteiger partial charge in [-0.05, 0) is 12.1 Å². The number of aliphatic hydroxyl groups is 1. The quantitative estimate of drug-likeness (QED) is 0.631. The van der Waals surface area contributed by atoms with Gasteiger partial charge in [-0.2, -0.15) is 0 Å². The van der Waals surface area contributed by atoms with Crippen LogP contribution in [0.4, 0.5) is 0 Å². The first-order valence-corrected chi connectivity index (χ1v) is 8.62. The van der Waals surface area contributed by atoms with E-state index in [0.717, 1.165) is 0 Å². The number of aromatic nitrogens is 3. The fraction of sp³-hybridized carbons (Fsp3) is 0.200. The van der Waals surface area contributed by atoms with Crippen molar-refractivity contribution in [3.63, 3.8) is 0 Å². The third-order valence-electron chi connectivity index (χ3n) is 4.74. The third kappa shape index (κ3) is 2.88. The van der Waals surface area contributed by atoms with Crippen LogP contribution in [0.3, 0.4) is 0 Å². The maximum Gasteiger partial charge on any atom is 0.269 e. The van der Waals surface area contributed by atoms with Crippen molar-refractivity contribution in [1.82, 2.24) is 19.3 Å². The predicted molar refractivity (Wildman–Crippen MR) is 101 cm³/mol. The lowest BCUT2D eigenvalue weighted by atomic mass is 10.0. The highest BCUT2D eigenvalue weighted by Gasteiger charge is 2.42. The third-order valence-corrected chi connectivity index (χ3v) is 4.74. The van der Waals surface area contributed by atoms with Gasteiger partial charge in [0, 0.05) is 43.5 Å². The zero-order valence-electron chi connectivity index (χ0n) is 15.1. The fourth-order valence-electron chi connectivity index (χ4n) is 3.24. The summed E-state index contributed by atoms with van der Waals surface area (Å²) in [6.45, 7) is 0.459. The lowest BCUT2D eigenvalue weighted by Crippen LogP contribution is -2.37. The van der Waals surface area contributed by atoms with Gasteiger partial charge in [0.2, 0.25) is 5.60 Å². The SMILES string of the molecule is CN1CC[C@@](O)(C#Cc2cccc(-c3c(C(N)=O)ncc4nccn34)c2)C1=O. The molecule has 0 spiro atoms. The molecule has 1 aliphatic heterocycles. The van der Waals surface area contributed by atoms with E-state index < -0.39 is 17.4 Å². The molecule has 8 nitrogen and oxygen atoms in total. The first-order chi connectivity index (χ1) is 13.4. The Hall–Kier alpha value is -3.70. The second-order valence-electron chi connectivity index (χ2n) is 6.64. The number of likely N-dealkylation sites (tertiary alicyclic amines) is 1. The van der Waals surface area contributed by atoms with Gasteiger partial charge in [0.15, 0.2) is 11.3 Å². The molecule has 0 saturated carbocycles. The van der Waals surface area contributed by atoms with Gasteiger partial charge in [-0.3, -0.25) is 14.0 Å². The molecule has 2 aromatic heterocycles. The van der Waals surface area contributed by atoms with Crippen molar-refractivity contribution in [2.24, 2.45) is 5.73 Å². The lowest BCUT2D eigenvalue weighted by molar-refractivity contribution is -0.137. The summed E-state index contributed by atoms with van der Waals surface area (Å²) in [5.74, 6) is 4.50. The molecule has 2 amide bonds. The first kappa shape index (κ1) is 17.7. The Kier molecular flexibility index (Phi) is 4.09. The number of fused-ring (bicyclic) bond motifs is 1. The standard InChI is InChI=1S/C20H17N5O3/c1-24-9-7-20(28,19(24)27)6-5-13-3-2-4-14(11-13)17-16(18(21)26)23-12-15-22-8-10-25(15)17/h2-4,8,10-12,28H,7,9H2,1H3,(H2,21,26)/t20-/m0/s1. The maximum absolute atomic E-state index is 12.1. The Morgan fingerprint density at radius 2 is 2.18 bits per heavy atom. The molecule has 0 aliphatic carbocycles. The zero-order valence-corrected chi connectivity index (χ0v) is 15.1. The van der Waals surface area contributed by atoms with Gasteiger partial charge >= 0.3 is 0 Å². The van der Waals surface area contributed by atoms with E-state index in [1.807, 2.05) is 0 Å². The number of carbonyl (C=O) groups is 2. The molecule has 28 heavy (non-hydrogen) atoms. The summed E-state index contributed by atoms with van der Waals surface area (Å²) in [5, 5.41) is 10.5. The molecule has 3 heterocycles. The van der Waals surface area contributed by atoms with Crippen LogP contribution < -0.4 is 5.73 Å². The van der Waals surface area contributed by atoms with Crippen molar-refractivity contribution in [3.05, 3.63) is 54.1 Å². The number of nitrogens with two attached hydrogens (primary N) is 1. The van der Waals surface area contributed by atoms with Crippen LogP contribution in [0.25, 0.3) is 16.9 Å².